The second-order valence-electron chi connectivity index (χ2n) is 8.48. The third-order valence-corrected chi connectivity index (χ3v) is 6.80. The molecule has 3 aliphatic heterocycles. The Morgan fingerprint density at radius 3 is 2.83 bits per heavy atom. The van der Waals surface area contributed by atoms with Crippen LogP contribution < -0.4 is 10.6 Å². The van der Waals surface area contributed by atoms with Crippen LogP contribution in [0, 0.1) is 5.41 Å². The van der Waals surface area contributed by atoms with Crippen LogP contribution in [0.25, 0.3) is 6.08 Å². The van der Waals surface area contributed by atoms with Crippen molar-refractivity contribution in [2.75, 3.05) is 5.32 Å². The zero-order valence-corrected chi connectivity index (χ0v) is 16.4. The molecule has 2 fully saturated rings. The summed E-state index contributed by atoms with van der Waals surface area (Å²) in [6.45, 7) is 8.32. The first-order chi connectivity index (χ1) is 13.9. The largest absolute Gasteiger partial charge is 0.364 e. The topological polar surface area (TPSA) is 90.1 Å². The molecule has 2 saturated heterocycles. The van der Waals surface area contributed by atoms with Crippen LogP contribution in [0.5, 0.6) is 0 Å². The van der Waals surface area contributed by atoms with Gasteiger partial charge in [-0.05, 0) is 29.5 Å². The number of H-pyrrole nitrogens is 1. The number of anilines is 1. The number of para-hydroxylation sites is 1. The van der Waals surface area contributed by atoms with Gasteiger partial charge >= 0.3 is 0 Å². The lowest BCUT2D eigenvalue weighted by Crippen LogP contribution is -2.59. The van der Waals surface area contributed by atoms with Gasteiger partial charge in [-0.15, -0.1) is 6.58 Å². The normalized spacial score (nSPS) is 29.2. The second-order valence-corrected chi connectivity index (χ2v) is 8.48. The number of carbonyl (C=O) groups is 2. The first-order valence-electron chi connectivity index (χ1n) is 9.72. The Morgan fingerprint density at radius 2 is 2.10 bits per heavy atom. The number of allylic oxidation sites excluding steroid dienone is 1. The molecule has 2 aromatic rings. The van der Waals surface area contributed by atoms with E-state index in [9.17, 15) is 9.59 Å². The minimum atomic E-state index is -0.536. The highest BCUT2D eigenvalue weighted by Crippen LogP contribution is 2.60. The van der Waals surface area contributed by atoms with Crippen LogP contribution >= 0.6 is 0 Å². The SMILES string of the molecule is C=CC(C)(C)[C@@]12CC3C(=O)NC(=Cc4cnc[nH]4)C(=O)N3[C@@H]1Nc1ccccc12. The Labute approximate surface area is 168 Å². The number of piperazine rings is 1. The number of carbonyl (C=O) groups excluding carboxylic acids is 2. The van der Waals surface area contributed by atoms with Crippen molar-refractivity contribution in [2.24, 2.45) is 5.41 Å². The summed E-state index contributed by atoms with van der Waals surface area (Å²) in [7, 11) is 0. The third kappa shape index (κ3) is 2.21. The highest BCUT2D eigenvalue weighted by atomic mass is 16.2. The van der Waals surface area contributed by atoms with Gasteiger partial charge in [0.1, 0.15) is 17.9 Å². The van der Waals surface area contributed by atoms with Gasteiger partial charge in [0.15, 0.2) is 0 Å². The number of aromatic amines is 1. The molecule has 0 bridgehead atoms. The van der Waals surface area contributed by atoms with Gasteiger partial charge in [0, 0.05) is 11.1 Å². The Hall–Kier alpha value is -3.35. The fourth-order valence-electron chi connectivity index (χ4n) is 5.16. The summed E-state index contributed by atoms with van der Waals surface area (Å²) >= 11 is 0. The molecule has 3 atom stereocenters. The molecule has 0 aliphatic carbocycles. The first-order valence-corrected chi connectivity index (χ1v) is 9.72. The number of amides is 2. The van der Waals surface area contributed by atoms with E-state index in [1.54, 1.807) is 17.2 Å². The summed E-state index contributed by atoms with van der Waals surface area (Å²) in [6.07, 6.45) is 6.91. The maximum absolute atomic E-state index is 13.5. The van der Waals surface area contributed by atoms with Crippen LogP contribution in [0.4, 0.5) is 5.69 Å². The lowest BCUT2D eigenvalue weighted by molar-refractivity contribution is -0.141. The van der Waals surface area contributed by atoms with Crippen molar-refractivity contribution in [1.82, 2.24) is 20.2 Å². The number of nitrogens with one attached hydrogen (secondary N) is 3. The summed E-state index contributed by atoms with van der Waals surface area (Å²) in [5, 5.41) is 6.34. The zero-order valence-electron chi connectivity index (χ0n) is 16.4. The molecule has 4 heterocycles. The Balaban J connectivity index is 1.65. The molecule has 1 aromatic heterocycles. The molecule has 2 amide bonds. The predicted molar refractivity (Wildman–Crippen MR) is 109 cm³/mol. The van der Waals surface area contributed by atoms with E-state index < -0.39 is 11.5 Å². The van der Waals surface area contributed by atoms with E-state index in [-0.39, 0.29) is 29.1 Å². The molecule has 148 valence electrons. The van der Waals surface area contributed by atoms with Crippen molar-refractivity contribution in [3.63, 3.8) is 0 Å². The molecular weight excluding hydrogens is 366 g/mol. The molecule has 29 heavy (non-hydrogen) atoms. The molecule has 7 heteroatoms. The van der Waals surface area contributed by atoms with Gasteiger partial charge in [-0.2, -0.15) is 0 Å². The van der Waals surface area contributed by atoms with Gasteiger partial charge in [-0.1, -0.05) is 38.1 Å². The van der Waals surface area contributed by atoms with E-state index in [0.717, 1.165) is 11.3 Å². The van der Waals surface area contributed by atoms with Crippen molar-refractivity contribution >= 4 is 23.6 Å². The molecule has 0 spiro atoms. The monoisotopic (exact) mass is 389 g/mol. The molecule has 5 rings (SSSR count). The number of hydrogen-bond acceptors (Lipinski definition) is 4. The van der Waals surface area contributed by atoms with Crippen molar-refractivity contribution in [3.05, 3.63) is 66.4 Å². The highest BCUT2D eigenvalue weighted by molar-refractivity contribution is 6.08. The van der Waals surface area contributed by atoms with Gasteiger partial charge < -0.3 is 20.5 Å². The minimum absolute atomic E-state index is 0.164. The molecule has 1 unspecified atom stereocenters. The van der Waals surface area contributed by atoms with Crippen LogP contribution in [-0.4, -0.2) is 38.9 Å². The van der Waals surface area contributed by atoms with Crippen LogP contribution in [0.1, 0.15) is 31.5 Å². The summed E-state index contributed by atoms with van der Waals surface area (Å²) in [6, 6.07) is 7.57. The number of rotatable bonds is 3. The van der Waals surface area contributed by atoms with Gasteiger partial charge in [-0.25, -0.2) is 4.98 Å². The predicted octanol–water partition coefficient (Wildman–Crippen LogP) is 2.38. The van der Waals surface area contributed by atoms with E-state index in [1.165, 1.54) is 6.33 Å². The average Bonchev–Trinajstić information content (AvgIpc) is 3.40. The smallest absolute Gasteiger partial charge is 0.272 e. The van der Waals surface area contributed by atoms with Crippen molar-refractivity contribution in [1.29, 1.82) is 0 Å². The third-order valence-electron chi connectivity index (χ3n) is 6.80. The van der Waals surface area contributed by atoms with Gasteiger partial charge in [0.25, 0.3) is 5.91 Å². The van der Waals surface area contributed by atoms with Gasteiger partial charge in [0.05, 0.1) is 18.2 Å². The van der Waals surface area contributed by atoms with Crippen LogP contribution in [0.3, 0.4) is 0 Å². The Morgan fingerprint density at radius 1 is 1.31 bits per heavy atom. The molecule has 3 aliphatic rings. The molecule has 0 saturated carbocycles. The number of hydrogen-bond donors (Lipinski definition) is 3. The zero-order chi connectivity index (χ0) is 20.4. The first kappa shape index (κ1) is 17.7. The standard InChI is InChI=1S/C22H23N5O2/c1-4-21(2,3)22-10-17-18(28)25-16(9-13-11-23-12-24-13)19(29)27(17)20(22)26-15-8-6-5-7-14(15)22/h4-9,11-12,17,20,26H,1,10H2,2-3H3,(H,23,24)(H,25,28)/t17?,20-,22+/m0/s1. The van der Waals surface area contributed by atoms with E-state index in [0.29, 0.717) is 12.1 Å². The number of fused-ring (bicyclic) bond motifs is 5. The van der Waals surface area contributed by atoms with E-state index in [4.69, 9.17) is 0 Å². The number of benzene rings is 1. The van der Waals surface area contributed by atoms with Crippen LogP contribution in [0.15, 0.2) is 55.1 Å². The fourth-order valence-corrected chi connectivity index (χ4v) is 5.16. The fraction of sp³-hybridized carbons (Fsp3) is 0.318. The summed E-state index contributed by atoms with van der Waals surface area (Å²) in [4.78, 5) is 35.1. The van der Waals surface area contributed by atoms with E-state index in [2.05, 4.69) is 47.1 Å². The molecule has 3 N–H and O–H groups in total. The minimum Gasteiger partial charge on any atom is -0.364 e. The van der Waals surface area contributed by atoms with Gasteiger partial charge in [-0.3, -0.25) is 9.59 Å². The number of aromatic nitrogens is 2. The quantitative estimate of drug-likeness (QED) is 0.555. The lowest BCUT2D eigenvalue weighted by Gasteiger charge is -2.43. The average molecular weight is 389 g/mol. The molecule has 7 nitrogen and oxygen atoms in total. The van der Waals surface area contributed by atoms with Gasteiger partial charge in [0.2, 0.25) is 5.91 Å². The number of imidazole rings is 1. The summed E-state index contributed by atoms with van der Waals surface area (Å²) in [5.41, 5.74) is 2.24. The van der Waals surface area contributed by atoms with Crippen LogP contribution in [-0.2, 0) is 15.0 Å². The summed E-state index contributed by atoms with van der Waals surface area (Å²) < 4.78 is 0. The maximum Gasteiger partial charge on any atom is 0.272 e. The second kappa shape index (κ2) is 5.83. The van der Waals surface area contributed by atoms with Crippen LogP contribution in [0.2, 0.25) is 0 Å². The Kier molecular flexibility index (Phi) is 3.56. The van der Waals surface area contributed by atoms with E-state index in [1.807, 2.05) is 24.3 Å². The lowest BCUT2D eigenvalue weighted by atomic mass is 9.60. The maximum atomic E-state index is 13.5. The van der Waals surface area contributed by atoms with E-state index >= 15 is 0 Å². The highest BCUT2D eigenvalue weighted by Gasteiger charge is 2.66. The van der Waals surface area contributed by atoms with Crippen molar-refractivity contribution < 1.29 is 9.59 Å². The molecule has 1 aromatic carbocycles. The molecular formula is C22H23N5O2. The van der Waals surface area contributed by atoms with Crippen molar-refractivity contribution in [2.45, 2.75) is 37.9 Å². The number of nitrogens with zero attached hydrogens (tertiary/aromatic N) is 2. The summed E-state index contributed by atoms with van der Waals surface area (Å²) in [5.74, 6) is -0.362. The Bertz CT molecular complexity index is 1050. The van der Waals surface area contributed by atoms with Crippen molar-refractivity contribution in [3.8, 4) is 0 Å². The molecule has 0 radical (unpaired) electrons.